The van der Waals surface area contributed by atoms with E-state index in [0.717, 1.165) is 22.9 Å². The van der Waals surface area contributed by atoms with Crippen molar-refractivity contribution in [2.75, 3.05) is 13.7 Å². The van der Waals surface area contributed by atoms with E-state index in [1.54, 1.807) is 13.2 Å². The second kappa shape index (κ2) is 7.44. The number of rotatable bonds is 7. The molecule has 0 spiro atoms. The number of nitrogens with two attached hydrogens (primary N) is 1. The highest BCUT2D eigenvalue weighted by atomic mass is 79.9. The molecule has 0 aliphatic carbocycles. The first-order valence-corrected chi connectivity index (χ1v) is 6.77. The van der Waals surface area contributed by atoms with E-state index in [9.17, 15) is 0 Å². The van der Waals surface area contributed by atoms with Gasteiger partial charge in [0.05, 0.1) is 11.6 Å². The van der Waals surface area contributed by atoms with E-state index in [4.69, 9.17) is 15.2 Å². The van der Waals surface area contributed by atoms with Crippen LogP contribution in [0, 0.1) is 0 Å². The summed E-state index contributed by atoms with van der Waals surface area (Å²) in [5.74, 6) is 1.41. The molecule has 0 saturated heterocycles. The fraction of sp³-hybridized carbons (Fsp3) is 0.429. The number of halogens is 1. The monoisotopic (exact) mass is 313 g/mol. The van der Waals surface area contributed by atoms with Crippen molar-refractivity contribution in [3.8, 4) is 11.5 Å². The summed E-state index contributed by atoms with van der Waals surface area (Å²) in [5.41, 5.74) is 7.10. The Morgan fingerprint density at radius 3 is 2.78 bits per heavy atom. The summed E-state index contributed by atoms with van der Waals surface area (Å²) in [5, 5.41) is 0. The maximum absolute atomic E-state index is 5.96. The quantitative estimate of drug-likeness (QED) is 0.785. The zero-order valence-electron chi connectivity index (χ0n) is 10.9. The van der Waals surface area contributed by atoms with Crippen molar-refractivity contribution in [3.63, 3.8) is 0 Å². The lowest BCUT2D eigenvalue weighted by Crippen LogP contribution is -2.21. The minimum Gasteiger partial charge on any atom is -0.493 e. The van der Waals surface area contributed by atoms with Crippen molar-refractivity contribution in [1.29, 1.82) is 0 Å². The zero-order valence-corrected chi connectivity index (χ0v) is 12.5. The summed E-state index contributed by atoms with van der Waals surface area (Å²) >= 11 is 3.50. The van der Waals surface area contributed by atoms with E-state index in [-0.39, 0.29) is 6.04 Å². The molecule has 1 aromatic rings. The molecule has 4 heteroatoms. The van der Waals surface area contributed by atoms with Gasteiger partial charge in [0.15, 0.2) is 11.5 Å². The van der Waals surface area contributed by atoms with Crippen LogP contribution < -0.4 is 15.2 Å². The first-order valence-electron chi connectivity index (χ1n) is 5.98. The standard InChI is InChI=1S/C14H20BrNO2/c1-4-6-18-14-12(15)8-10(7-11(16)5-2)9-13(14)17-3/h4,8-9,11H,1,5-7,16H2,2-3H3. The third kappa shape index (κ3) is 4.03. The molecule has 0 radical (unpaired) electrons. The largest absolute Gasteiger partial charge is 0.493 e. The lowest BCUT2D eigenvalue weighted by molar-refractivity contribution is 0.324. The van der Waals surface area contributed by atoms with Gasteiger partial charge in [0.25, 0.3) is 0 Å². The summed E-state index contributed by atoms with van der Waals surface area (Å²) in [7, 11) is 1.63. The highest BCUT2D eigenvalue weighted by molar-refractivity contribution is 9.10. The first-order chi connectivity index (χ1) is 8.62. The minimum atomic E-state index is 0.168. The van der Waals surface area contributed by atoms with Crippen molar-refractivity contribution in [1.82, 2.24) is 0 Å². The van der Waals surface area contributed by atoms with Crippen molar-refractivity contribution in [2.45, 2.75) is 25.8 Å². The molecule has 100 valence electrons. The van der Waals surface area contributed by atoms with Gasteiger partial charge in [-0.2, -0.15) is 0 Å². The van der Waals surface area contributed by atoms with E-state index in [1.807, 2.05) is 12.1 Å². The van der Waals surface area contributed by atoms with Crippen LogP contribution in [0.4, 0.5) is 0 Å². The van der Waals surface area contributed by atoms with E-state index in [0.29, 0.717) is 18.1 Å². The Kier molecular flexibility index (Phi) is 6.22. The second-order valence-electron chi connectivity index (χ2n) is 4.08. The lowest BCUT2D eigenvalue weighted by atomic mass is 10.0. The Balaban J connectivity index is 2.98. The Bertz CT molecular complexity index is 407. The van der Waals surface area contributed by atoms with Gasteiger partial charge < -0.3 is 15.2 Å². The molecule has 18 heavy (non-hydrogen) atoms. The summed E-state index contributed by atoms with van der Waals surface area (Å²) in [6.45, 7) is 6.16. The van der Waals surface area contributed by atoms with Crippen LogP contribution in [0.5, 0.6) is 11.5 Å². The van der Waals surface area contributed by atoms with Crippen molar-refractivity contribution >= 4 is 15.9 Å². The van der Waals surface area contributed by atoms with Crippen LogP contribution in [0.1, 0.15) is 18.9 Å². The van der Waals surface area contributed by atoms with Crippen LogP contribution in [0.25, 0.3) is 0 Å². The van der Waals surface area contributed by atoms with Gasteiger partial charge in [-0.25, -0.2) is 0 Å². The summed E-state index contributed by atoms with van der Waals surface area (Å²) < 4.78 is 11.8. The molecule has 0 aliphatic rings. The fourth-order valence-electron chi connectivity index (χ4n) is 1.62. The average Bonchev–Trinajstić information content (AvgIpc) is 2.36. The zero-order chi connectivity index (χ0) is 13.5. The minimum absolute atomic E-state index is 0.168. The molecule has 0 heterocycles. The van der Waals surface area contributed by atoms with Crippen LogP contribution in [0.3, 0.4) is 0 Å². The Labute approximate surface area is 117 Å². The van der Waals surface area contributed by atoms with Gasteiger partial charge in [0, 0.05) is 6.04 Å². The van der Waals surface area contributed by atoms with Crippen LogP contribution in [-0.4, -0.2) is 19.8 Å². The second-order valence-corrected chi connectivity index (χ2v) is 4.94. The molecule has 0 amide bonds. The maximum atomic E-state index is 5.96. The molecule has 0 aliphatic heterocycles. The molecule has 0 saturated carbocycles. The summed E-state index contributed by atoms with van der Waals surface area (Å²) in [4.78, 5) is 0. The van der Waals surface area contributed by atoms with Crippen molar-refractivity contribution in [3.05, 3.63) is 34.8 Å². The van der Waals surface area contributed by atoms with Gasteiger partial charge in [0.1, 0.15) is 6.61 Å². The van der Waals surface area contributed by atoms with Gasteiger partial charge in [-0.05, 0) is 46.5 Å². The predicted molar refractivity (Wildman–Crippen MR) is 78.4 cm³/mol. The number of hydrogen-bond donors (Lipinski definition) is 1. The van der Waals surface area contributed by atoms with Crippen LogP contribution in [0.15, 0.2) is 29.3 Å². The molecule has 1 rings (SSSR count). The van der Waals surface area contributed by atoms with Gasteiger partial charge in [0.2, 0.25) is 0 Å². The van der Waals surface area contributed by atoms with Crippen molar-refractivity contribution in [2.24, 2.45) is 5.73 Å². The molecule has 1 atom stereocenters. The Hall–Kier alpha value is -1.00. The molecule has 2 N–H and O–H groups in total. The Morgan fingerprint density at radius 1 is 1.50 bits per heavy atom. The molecular weight excluding hydrogens is 294 g/mol. The van der Waals surface area contributed by atoms with Gasteiger partial charge in [-0.1, -0.05) is 19.6 Å². The van der Waals surface area contributed by atoms with Gasteiger partial charge in [-0.15, -0.1) is 0 Å². The van der Waals surface area contributed by atoms with E-state index in [1.165, 1.54) is 0 Å². The van der Waals surface area contributed by atoms with E-state index >= 15 is 0 Å². The lowest BCUT2D eigenvalue weighted by Gasteiger charge is -2.15. The number of methoxy groups -OCH3 is 1. The molecule has 1 aromatic carbocycles. The predicted octanol–water partition coefficient (Wildman–Crippen LogP) is 3.30. The number of ether oxygens (including phenoxy) is 2. The highest BCUT2D eigenvalue weighted by Crippen LogP contribution is 2.37. The molecule has 0 fully saturated rings. The van der Waals surface area contributed by atoms with Gasteiger partial charge >= 0.3 is 0 Å². The molecule has 1 unspecified atom stereocenters. The van der Waals surface area contributed by atoms with Crippen LogP contribution >= 0.6 is 15.9 Å². The van der Waals surface area contributed by atoms with Crippen LogP contribution in [-0.2, 0) is 6.42 Å². The topological polar surface area (TPSA) is 44.5 Å². The third-order valence-electron chi connectivity index (χ3n) is 2.66. The Morgan fingerprint density at radius 2 is 2.22 bits per heavy atom. The molecular formula is C14H20BrNO2. The first kappa shape index (κ1) is 15.1. The van der Waals surface area contributed by atoms with Crippen molar-refractivity contribution < 1.29 is 9.47 Å². The summed E-state index contributed by atoms with van der Waals surface area (Å²) in [6, 6.07) is 4.16. The number of benzene rings is 1. The maximum Gasteiger partial charge on any atom is 0.175 e. The van der Waals surface area contributed by atoms with E-state index in [2.05, 4.69) is 29.4 Å². The highest BCUT2D eigenvalue weighted by Gasteiger charge is 2.12. The molecule has 0 bridgehead atoms. The normalized spacial score (nSPS) is 12.0. The smallest absolute Gasteiger partial charge is 0.175 e. The fourth-order valence-corrected chi connectivity index (χ4v) is 2.22. The third-order valence-corrected chi connectivity index (χ3v) is 3.25. The summed E-state index contributed by atoms with van der Waals surface area (Å²) in [6.07, 6.45) is 3.48. The van der Waals surface area contributed by atoms with E-state index < -0.39 is 0 Å². The van der Waals surface area contributed by atoms with Gasteiger partial charge in [-0.3, -0.25) is 0 Å². The number of hydrogen-bond acceptors (Lipinski definition) is 3. The molecule has 0 aromatic heterocycles. The SMILES string of the molecule is C=CCOc1c(Br)cc(CC(N)CC)cc1OC. The molecule has 3 nitrogen and oxygen atoms in total. The average molecular weight is 314 g/mol. The van der Waals surface area contributed by atoms with Crippen LogP contribution in [0.2, 0.25) is 0 Å².